The summed E-state index contributed by atoms with van der Waals surface area (Å²) in [4.78, 5) is 12.9. The standard InChI is InChI=1S/C14H21NO3S/c1-5-15-14(2,13(16)18-4)10-19-12-8-6-7-11(9-12)17-3/h6-9,15H,5,10H2,1-4H3. The van der Waals surface area contributed by atoms with Crippen LogP contribution in [0.15, 0.2) is 29.2 Å². The Morgan fingerprint density at radius 2 is 2.16 bits per heavy atom. The molecule has 0 bridgehead atoms. The molecule has 106 valence electrons. The van der Waals surface area contributed by atoms with Crippen LogP contribution in [0.1, 0.15) is 13.8 Å². The molecular formula is C14H21NO3S. The molecule has 0 aliphatic heterocycles. The van der Waals surface area contributed by atoms with Crippen LogP contribution in [0.4, 0.5) is 0 Å². The number of benzene rings is 1. The van der Waals surface area contributed by atoms with Gasteiger partial charge in [-0.25, -0.2) is 0 Å². The number of carbonyl (C=O) groups excluding carboxylic acids is 1. The first-order valence-electron chi connectivity index (χ1n) is 6.16. The molecule has 1 aromatic carbocycles. The van der Waals surface area contributed by atoms with Crippen LogP contribution in [-0.2, 0) is 9.53 Å². The van der Waals surface area contributed by atoms with Crippen molar-refractivity contribution in [2.45, 2.75) is 24.3 Å². The molecule has 1 aromatic rings. The summed E-state index contributed by atoms with van der Waals surface area (Å²) in [7, 11) is 3.05. The Labute approximate surface area is 118 Å². The highest BCUT2D eigenvalue weighted by molar-refractivity contribution is 7.99. The summed E-state index contributed by atoms with van der Waals surface area (Å²) in [5.74, 6) is 1.17. The zero-order valence-electron chi connectivity index (χ0n) is 11.9. The molecule has 0 spiro atoms. The van der Waals surface area contributed by atoms with Gasteiger partial charge in [0, 0.05) is 10.6 Å². The summed E-state index contributed by atoms with van der Waals surface area (Å²) in [5, 5.41) is 3.18. The molecule has 0 saturated carbocycles. The molecule has 0 saturated heterocycles. The van der Waals surface area contributed by atoms with Gasteiger partial charge in [0.05, 0.1) is 14.2 Å². The largest absolute Gasteiger partial charge is 0.497 e. The number of thioether (sulfide) groups is 1. The van der Waals surface area contributed by atoms with E-state index in [0.717, 1.165) is 10.6 Å². The minimum absolute atomic E-state index is 0.246. The third-order valence-corrected chi connectivity index (χ3v) is 4.08. The number of hydrogen-bond donors (Lipinski definition) is 1. The van der Waals surface area contributed by atoms with Gasteiger partial charge in [0.2, 0.25) is 0 Å². The van der Waals surface area contributed by atoms with Gasteiger partial charge in [-0.05, 0) is 31.7 Å². The Morgan fingerprint density at radius 1 is 1.42 bits per heavy atom. The van der Waals surface area contributed by atoms with E-state index in [-0.39, 0.29) is 5.97 Å². The molecule has 0 aromatic heterocycles. The fraction of sp³-hybridized carbons (Fsp3) is 0.500. The Hall–Kier alpha value is -1.20. The molecule has 4 nitrogen and oxygen atoms in total. The summed E-state index contributed by atoms with van der Waals surface area (Å²) in [6.07, 6.45) is 0. The van der Waals surface area contributed by atoms with Crippen molar-refractivity contribution < 1.29 is 14.3 Å². The van der Waals surface area contributed by atoms with E-state index in [1.807, 2.05) is 38.1 Å². The number of carbonyl (C=O) groups is 1. The smallest absolute Gasteiger partial charge is 0.326 e. The molecule has 0 aliphatic carbocycles. The van der Waals surface area contributed by atoms with E-state index in [0.29, 0.717) is 12.3 Å². The highest BCUT2D eigenvalue weighted by atomic mass is 32.2. The quantitative estimate of drug-likeness (QED) is 0.615. The molecule has 0 aliphatic rings. The molecule has 0 fully saturated rings. The van der Waals surface area contributed by atoms with Crippen LogP contribution in [0.2, 0.25) is 0 Å². The van der Waals surface area contributed by atoms with E-state index in [2.05, 4.69) is 5.32 Å². The Kier molecular flexibility index (Phi) is 6.18. The minimum atomic E-state index is -0.683. The zero-order valence-corrected chi connectivity index (χ0v) is 12.7. The molecule has 1 unspecified atom stereocenters. The molecule has 0 radical (unpaired) electrons. The fourth-order valence-corrected chi connectivity index (χ4v) is 2.77. The molecule has 0 heterocycles. The molecule has 5 heteroatoms. The minimum Gasteiger partial charge on any atom is -0.497 e. The van der Waals surface area contributed by atoms with Gasteiger partial charge in [-0.15, -0.1) is 11.8 Å². The van der Waals surface area contributed by atoms with E-state index >= 15 is 0 Å². The van der Waals surface area contributed by atoms with Gasteiger partial charge in [-0.1, -0.05) is 13.0 Å². The molecule has 0 amide bonds. The number of nitrogens with one attached hydrogen (secondary N) is 1. The van der Waals surface area contributed by atoms with Gasteiger partial charge in [0.1, 0.15) is 11.3 Å². The first-order chi connectivity index (χ1) is 9.05. The van der Waals surface area contributed by atoms with Crippen molar-refractivity contribution in [3.63, 3.8) is 0 Å². The summed E-state index contributed by atoms with van der Waals surface area (Å²) in [6.45, 7) is 4.54. The van der Waals surface area contributed by atoms with Crippen LogP contribution < -0.4 is 10.1 Å². The van der Waals surface area contributed by atoms with E-state index in [1.54, 1.807) is 18.9 Å². The Bertz CT molecular complexity index is 425. The fourth-order valence-electron chi connectivity index (χ4n) is 1.72. The van der Waals surface area contributed by atoms with Crippen molar-refractivity contribution in [3.05, 3.63) is 24.3 Å². The SMILES string of the molecule is CCNC(C)(CSc1cccc(OC)c1)C(=O)OC. The number of methoxy groups -OCH3 is 2. The van der Waals surface area contributed by atoms with Crippen molar-refractivity contribution in [1.29, 1.82) is 0 Å². The monoisotopic (exact) mass is 283 g/mol. The van der Waals surface area contributed by atoms with Crippen molar-refractivity contribution in [1.82, 2.24) is 5.32 Å². The number of ether oxygens (including phenoxy) is 2. The van der Waals surface area contributed by atoms with E-state index in [9.17, 15) is 4.79 Å². The van der Waals surface area contributed by atoms with Gasteiger partial charge < -0.3 is 14.8 Å². The zero-order chi connectivity index (χ0) is 14.3. The van der Waals surface area contributed by atoms with Gasteiger partial charge in [0.15, 0.2) is 0 Å². The van der Waals surface area contributed by atoms with Crippen LogP contribution in [-0.4, -0.2) is 38.0 Å². The predicted molar refractivity (Wildman–Crippen MR) is 77.8 cm³/mol. The van der Waals surface area contributed by atoms with Crippen LogP contribution in [0.25, 0.3) is 0 Å². The third-order valence-electron chi connectivity index (χ3n) is 2.77. The van der Waals surface area contributed by atoms with Crippen LogP contribution in [0, 0.1) is 0 Å². The van der Waals surface area contributed by atoms with E-state index in [1.165, 1.54) is 7.11 Å². The lowest BCUT2D eigenvalue weighted by atomic mass is 10.1. The molecule has 19 heavy (non-hydrogen) atoms. The summed E-state index contributed by atoms with van der Waals surface area (Å²) in [6, 6.07) is 7.78. The number of hydrogen-bond acceptors (Lipinski definition) is 5. The maximum Gasteiger partial charge on any atom is 0.326 e. The van der Waals surface area contributed by atoms with Gasteiger partial charge in [-0.3, -0.25) is 4.79 Å². The normalized spacial score (nSPS) is 13.7. The second-order valence-corrected chi connectivity index (χ2v) is 5.37. The van der Waals surface area contributed by atoms with Crippen LogP contribution in [0.3, 0.4) is 0 Å². The molecule has 1 atom stereocenters. The predicted octanol–water partition coefficient (Wildman–Crippen LogP) is 2.33. The number of likely N-dealkylation sites (N-methyl/N-ethyl adjacent to an activating group) is 1. The highest BCUT2D eigenvalue weighted by Gasteiger charge is 2.33. The van der Waals surface area contributed by atoms with Crippen LogP contribution >= 0.6 is 11.8 Å². The summed E-state index contributed by atoms with van der Waals surface area (Å²) in [5.41, 5.74) is -0.683. The van der Waals surface area contributed by atoms with Crippen molar-refractivity contribution in [2.75, 3.05) is 26.5 Å². The lowest BCUT2D eigenvalue weighted by Crippen LogP contribution is -2.52. The second kappa shape index (κ2) is 7.40. The van der Waals surface area contributed by atoms with Crippen molar-refractivity contribution in [3.8, 4) is 5.75 Å². The number of esters is 1. The van der Waals surface area contributed by atoms with Gasteiger partial charge in [0.25, 0.3) is 0 Å². The molecule has 1 N–H and O–H groups in total. The van der Waals surface area contributed by atoms with Crippen molar-refractivity contribution in [2.24, 2.45) is 0 Å². The summed E-state index contributed by atoms with van der Waals surface area (Å²) >= 11 is 1.60. The molecule has 1 rings (SSSR count). The first-order valence-corrected chi connectivity index (χ1v) is 7.14. The first kappa shape index (κ1) is 15.9. The lowest BCUT2D eigenvalue weighted by molar-refractivity contribution is -0.146. The topological polar surface area (TPSA) is 47.6 Å². The maximum absolute atomic E-state index is 11.8. The Morgan fingerprint density at radius 3 is 2.74 bits per heavy atom. The van der Waals surface area contributed by atoms with E-state index in [4.69, 9.17) is 9.47 Å². The van der Waals surface area contributed by atoms with Crippen molar-refractivity contribution >= 4 is 17.7 Å². The Balaban J connectivity index is 2.72. The van der Waals surface area contributed by atoms with Crippen LogP contribution in [0.5, 0.6) is 5.75 Å². The second-order valence-electron chi connectivity index (χ2n) is 4.32. The average Bonchev–Trinajstić information content (AvgIpc) is 2.44. The average molecular weight is 283 g/mol. The van der Waals surface area contributed by atoms with Gasteiger partial charge in [-0.2, -0.15) is 0 Å². The van der Waals surface area contributed by atoms with E-state index < -0.39 is 5.54 Å². The highest BCUT2D eigenvalue weighted by Crippen LogP contribution is 2.26. The third kappa shape index (κ3) is 4.44. The number of rotatable bonds is 7. The maximum atomic E-state index is 11.8. The lowest BCUT2D eigenvalue weighted by Gasteiger charge is -2.27. The molecular weight excluding hydrogens is 262 g/mol. The summed E-state index contributed by atoms with van der Waals surface area (Å²) < 4.78 is 10.0. The van der Waals surface area contributed by atoms with Gasteiger partial charge >= 0.3 is 5.97 Å².